The number of nitrogens with one attached hydrogen (secondary N) is 2. The van der Waals surface area contributed by atoms with Gasteiger partial charge in [-0.15, -0.1) is 24.0 Å². The number of nitrogens with zero attached hydrogens (tertiary/aromatic N) is 4. The second-order valence-corrected chi connectivity index (χ2v) is 7.29. The van der Waals surface area contributed by atoms with Gasteiger partial charge in [-0.25, -0.2) is 4.99 Å². The molecule has 0 radical (unpaired) electrons. The molecule has 1 aromatic rings. The number of piperazine rings is 1. The molecular formula is C21H37IN6O. The van der Waals surface area contributed by atoms with Crippen LogP contribution in [0.1, 0.15) is 29.8 Å². The number of amides is 1. The predicted molar refractivity (Wildman–Crippen MR) is 131 cm³/mol. The molecule has 0 aromatic heterocycles. The van der Waals surface area contributed by atoms with Gasteiger partial charge in [0, 0.05) is 65.5 Å². The van der Waals surface area contributed by atoms with Crippen LogP contribution in [0, 0.1) is 0 Å². The van der Waals surface area contributed by atoms with Gasteiger partial charge in [0.25, 0.3) is 5.91 Å². The van der Waals surface area contributed by atoms with E-state index >= 15 is 0 Å². The van der Waals surface area contributed by atoms with Crippen molar-refractivity contribution < 1.29 is 4.79 Å². The molecule has 164 valence electrons. The summed E-state index contributed by atoms with van der Waals surface area (Å²) < 4.78 is 0. The number of hydrogen-bond acceptors (Lipinski definition) is 4. The third-order valence-corrected chi connectivity index (χ3v) is 5.00. The van der Waals surface area contributed by atoms with Crippen LogP contribution in [0.25, 0.3) is 0 Å². The highest BCUT2D eigenvalue weighted by atomic mass is 127. The first-order chi connectivity index (χ1) is 13.5. The van der Waals surface area contributed by atoms with Crippen molar-refractivity contribution >= 4 is 35.8 Å². The molecule has 0 saturated carbocycles. The maximum atomic E-state index is 12.0. The van der Waals surface area contributed by atoms with E-state index in [0.717, 1.165) is 63.9 Å². The van der Waals surface area contributed by atoms with E-state index in [-0.39, 0.29) is 29.9 Å². The van der Waals surface area contributed by atoms with Crippen molar-refractivity contribution in [2.75, 3.05) is 66.5 Å². The summed E-state index contributed by atoms with van der Waals surface area (Å²) in [5, 5.41) is 6.73. The topological polar surface area (TPSA) is 63.2 Å². The number of guanidine groups is 1. The van der Waals surface area contributed by atoms with Crippen LogP contribution in [0.2, 0.25) is 0 Å². The Morgan fingerprint density at radius 2 is 1.66 bits per heavy atom. The first-order valence-corrected chi connectivity index (χ1v) is 10.3. The van der Waals surface area contributed by atoms with Gasteiger partial charge in [0.15, 0.2) is 5.96 Å². The Morgan fingerprint density at radius 1 is 1.03 bits per heavy atom. The average molecular weight is 516 g/mol. The molecule has 1 fully saturated rings. The zero-order valence-electron chi connectivity index (χ0n) is 18.3. The van der Waals surface area contributed by atoms with Gasteiger partial charge in [-0.2, -0.15) is 0 Å². The quantitative estimate of drug-likeness (QED) is 0.313. The van der Waals surface area contributed by atoms with Crippen molar-refractivity contribution in [2.45, 2.75) is 20.4 Å². The first-order valence-electron chi connectivity index (χ1n) is 10.3. The van der Waals surface area contributed by atoms with Crippen molar-refractivity contribution in [3.05, 3.63) is 35.4 Å². The van der Waals surface area contributed by atoms with E-state index in [2.05, 4.69) is 39.3 Å². The number of hydrogen-bond donors (Lipinski definition) is 2. The average Bonchev–Trinajstić information content (AvgIpc) is 2.72. The van der Waals surface area contributed by atoms with Gasteiger partial charge in [0.1, 0.15) is 0 Å². The molecule has 0 bridgehead atoms. The van der Waals surface area contributed by atoms with Gasteiger partial charge in [-0.05, 0) is 31.2 Å². The maximum Gasteiger partial charge on any atom is 0.253 e. The van der Waals surface area contributed by atoms with E-state index < -0.39 is 0 Å². The van der Waals surface area contributed by atoms with Crippen LogP contribution >= 0.6 is 24.0 Å². The van der Waals surface area contributed by atoms with Crippen molar-refractivity contribution in [1.29, 1.82) is 0 Å². The summed E-state index contributed by atoms with van der Waals surface area (Å²) in [6.45, 7) is 13.4. The molecule has 1 aliphatic heterocycles. The molecule has 0 atom stereocenters. The SMILES string of the molecule is CCNC(=NCc1ccc(C(=O)N(C)C)cc1)NCCN1CCN(CC)CC1.I. The van der Waals surface area contributed by atoms with Crippen LogP contribution in [-0.4, -0.2) is 93.0 Å². The highest BCUT2D eigenvalue weighted by molar-refractivity contribution is 14.0. The minimum Gasteiger partial charge on any atom is -0.357 e. The van der Waals surface area contributed by atoms with Gasteiger partial charge < -0.3 is 20.4 Å². The minimum atomic E-state index is 0. The molecule has 0 unspecified atom stereocenters. The Labute approximate surface area is 192 Å². The molecule has 7 nitrogen and oxygen atoms in total. The van der Waals surface area contributed by atoms with E-state index in [9.17, 15) is 4.79 Å². The van der Waals surface area contributed by atoms with Crippen LogP contribution in [0.3, 0.4) is 0 Å². The lowest BCUT2D eigenvalue weighted by Crippen LogP contribution is -2.49. The lowest BCUT2D eigenvalue weighted by atomic mass is 10.1. The molecule has 1 saturated heterocycles. The van der Waals surface area contributed by atoms with Crippen LogP contribution in [0.15, 0.2) is 29.3 Å². The molecule has 0 spiro atoms. The van der Waals surface area contributed by atoms with Crippen LogP contribution in [0.4, 0.5) is 0 Å². The third kappa shape index (κ3) is 8.88. The summed E-state index contributed by atoms with van der Waals surface area (Å²) in [5.74, 6) is 0.855. The smallest absolute Gasteiger partial charge is 0.253 e. The molecule has 0 aliphatic carbocycles. The Hall–Kier alpha value is -1.39. The largest absolute Gasteiger partial charge is 0.357 e. The molecule has 1 aliphatic rings. The Bertz CT molecular complexity index is 627. The number of rotatable bonds is 8. The zero-order chi connectivity index (χ0) is 20.4. The summed E-state index contributed by atoms with van der Waals surface area (Å²) >= 11 is 0. The lowest BCUT2D eigenvalue weighted by Gasteiger charge is -2.34. The van der Waals surface area contributed by atoms with Gasteiger partial charge in [0.2, 0.25) is 0 Å². The minimum absolute atomic E-state index is 0. The van der Waals surface area contributed by atoms with E-state index in [1.54, 1.807) is 19.0 Å². The first kappa shape index (κ1) is 25.6. The number of likely N-dealkylation sites (N-methyl/N-ethyl adjacent to an activating group) is 1. The monoisotopic (exact) mass is 516 g/mol. The number of aliphatic imine (C=N–C) groups is 1. The maximum absolute atomic E-state index is 12.0. The van der Waals surface area contributed by atoms with Crippen molar-refractivity contribution in [3.63, 3.8) is 0 Å². The predicted octanol–water partition coefficient (Wildman–Crippen LogP) is 1.70. The Balaban J connectivity index is 0.00000420. The van der Waals surface area contributed by atoms with Crippen molar-refractivity contribution in [2.24, 2.45) is 4.99 Å². The summed E-state index contributed by atoms with van der Waals surface area (Å²) in [6, 6.07) is 7.67. The fourth-order valence-electron chi connectivity index (χ4n) is 3.18. The number of benzene rings is 1. The highest BCUT2D eigenvalue weighted by Crippen LogP contribution is 2.07. The summed E-state index contributed by atoms with van der Waals surface area (Å²) in [7, 11) is 3.53. The molecule has 1 aromatic carbocycles. The van der Waals surface area contributed by atoms with Gasteiger partial charge in [-0.1, -0.05) is 19.1 Å². The fraction of sp³-hybridized carbons (Fsp3) is 0.619. The second-order valence-electron chi connectivity index (χ2n) is 7.29. The highest BCUT2D eigenvalue weighted by Gasteiger charge is 2.14. The Kier molecular flexibility index (Phi) is 12.2. The number of carbonyl (C=O) groups is 1. The molecule has 2 N–H and O–H groups in total. The van der Waals surface area contributed by atoms with Gasteiger partial charge in [0.05, 0.1) is 6.54 Å². The fourth-order valence-corrected chi connectivity index (χ4v) is 3.18. The molecular weight excluding hydrogens is 479 g/mol. The molecule has 2 rings (SSSR count). The Morgan fingerprint density at radius 3 is 2.21 bits per heavy atom. The van der Waals surface area contributed by atoms with Crippen molar-refractivity contribution in [1.82, 2.24) is 25.3 Å². The molecule has 29 heavy (non-hydrogen) atoms. The molecule has 1 heterocycles. The second kappa shape index (κ2) is 13.8. The number of carbonyl (C=O) groups excluding carboxylic acids is 1. The standard InChI is InChI=1S/C21H36N6O.HI/c1-5-22-21(23-11-12-27-15-13-26(6-2)14-16-27)24-17-18-7-9-19(10-8-18)20(28)25(3)4;/h7-10H,5-6,11-17H2,1-4H3,(H2,22,23,24);1H. The van der Waals surface area contributed by atoms with Gasteiger partial charge in [-0.3, -0.25) is 9.69 Å². The number of halogens is 1. The van der Waals surface area contributed by atoms with Crippen LogP contribution < -0.4 is 10.6 Å². The lowest BCUT2D eigenvalue weighted by molar-refractivity contribution is 0.0827. The summed E-state index contributed by atoms with van der Waals surface area (Å²) in [5.41, 5.74) is 1.79. The molecule has 1 amide bonds. The molecule has 8 heteroatoms. The summed E-state index contributed by atoms with van der Waals surface area (Å²) in [4.78, 5) is 23.2. The summed E-state index contributed by atoms with van der Waals surface area (Å²) in [6.07, 6.45) is 0. The van der Waals surface area contributed by atoms with Crippen molar-refractivity contribution in [3.8, 4) is 0 Å². The normalized spacial score (nSPS) is 15.5. The van der Waals surface area contributed by atoms with E-state index in [4.69, 9.17) is 0 Å². The zero-order valence-corrected chi connectivity index (χ0v) is 20.6. The third-order valence-electron chi connectivity index (χ3n) is 5.00. The van der Waals surface area contributed by atoms with E-state index in [0.29, 0.717) is 12.1 Å². The van der Waals surface area contributed by atoms with Gasteiger partial charge >= 0.3 is 0 Å². The van der Waals surface area contributed by atoms with E-state index in [1.807, 2.05) is 24.3 Å². The van der Waals surface area contributed by atoms with Crippen LogP contribution in [-0.2, 0) is 6.54 Å². The van der Waals surface area contributed by atoms with E-state index in [1.165, 1.54) is 0 Å². The van der Waals surface area contributed by atoms with Crippen LogP contribution in [0.5, 0.6) is 0 Å².